The zero-order valence-corrected chi connectivity index (χ0v) is 20.3. The van der Waals surface area contributed by atoms with Gasteiger partial charge >= 0.3 is 6.36 Å². The Morgan fingerprint density at radius 2 is 1.15 bits per heavy atom. The lowest BCUT2D eigenvalue weighted by atomic mass is 9.68. The van der Waals surface area contributed by atoms with Gasteiger partial charge in [-0.2, -0.15) is 0 Å². The minimum absolute atomic E-state index is 0.120. The predicted molar refractivity (Wildman–Crippen MR) is 128 cm³/mol. The minimum atomic E-state index is -4.62. The summed E-state index contributed by atoms with van der Waals surface area (Å²) in [6.07, 6.45) is 19.2. The van der Waals surface area contributed by atoms with Crippen molar-refractivity contribution in [1.82, 2.24) is 0 Å². The molecule has 0 saturated heterocycles. The predicted octanol–water partition coefficient (Wildman–Crippen LogP) is 9.81. The Balaban J connectivity index is 1.10. The van der Waals surface area contributed by atoms with Gasteiger partial charge in [-0.3, -0.25) is 0 Å². The maximum atomic E-state index is 12.4. The van der Waals surface area contributed by atoms with Crippen LogP contribution in [-0.2, 0) is 0 Å². The Morgan fingerprint density at radius 3 is 1.70 bits per heavy atom. The number of alkyl halides is 3. The highest BCUT2D eigenvalue weighted by molar-refractivity contribution is 5.29. The van der Waals surface area contributed by atoms with Crippen molar-refractivity contribution in [3.05, 3.63) is 29.8 Å². The summed E-state index contributed by atoms with van der Waals surface area (Å²) < 4.78 is 41.1. The van der Waals surface area contributed by atoms with Gasteiger partial charge in [0, 0.05) is 0 Å². The highest BCUT2D eigenvalue weighted by atomic mass is 19.4. The number of hydrogen-bond donors (Lipinski definition) is 0. The van der Waals surface area contributed by atoms with Gasteiger partial charge in [-0.1, -0.05) is 82.8 Å². The molecule has 186 valence electrons. The van der Waals surface area contributed by atoms with Gasteiger partial charge in [-0.05, 0) is 85.8 Å². The average Bonchev–Trinajstić information content (AvgIpc) is 3.33. The Kier molecular flexibility index (Phi) is 9.04. The highest BCUT2D eigenvalue weighted by Gasteiger charge is 2.32. The highest BCUT2D eigenvalue weighted by Crippen LogP contribution is 2.45. The first-order valence-electron chi connectivity index (χ1n) is 13.8. The standard InChI is InChI=1S/C29H43F3O/c30-29(31,32)33-28-20-18-27(19-21-28)26-16-14-25(15-17-26)24-12-10-23(11-13-24)7-3-1-2-6-22-8-4-5-9-22/h18-26H,1-17H2/t23-,24-,25-,26-. The molecule has 1 aromatic carbocycles. The molecule has 0 heterocycles. The van der Waals surface area contributed by atoms with E-state index in [0.29, 0.717) is 5.92 Å². The van der Waals surface area contributed by atoms with Gasteiger partial charge in [0.25, 0.3) is 0 Å². The lowest BCUT2D eigenvalue weighted by molar-refractivity contribution is -0.274. The summed E-state index contributed by atoms with van der Waals surface area (Å²) in [6.45, 7) is 0. The zero-order valence-electron chi connectivity index (χ0n) is 20.3. The fourth-order valence-electron chi connectivity index (χ4n) is 7.16. The van der Waals surface area contributed by atoms with Crippen molar-refractivity contribution in [1.29, 1.82) is 0 Å². The van der Waals surface area contributed by atoms with Crippen LogP contribution in [0.25, 0.3) is 0 Å². The van der Waals surface area contributed by atoms with Crippen molar-refractivity contribution < 1.29 is 17.9 Å². The van der Waals surface area contributed by atoms with E-state index in [4.69, 9.17) is 0 Å². The summed E-state index contributed by atoms with van der Waals surface area (Å²) in [6, 6.07) is 6.58. The molecular formula is C29H43F3O. The molecule has 33 heavy (non-hydrogen) atoms. The second-order valence-corrected chi connectivity index (χ2v) is 11.3. The summed E-state index contributed by atoms with van der Waals surface area (Å²) in [5.41, 5.74) is 1.17. The molecule has 0 amide bonds. The molecule has 1 aromatic rings. The van der Waals surface area contributed by atoms with E-state index >= 15 is 0 Å². The van der Waals surface area contributed by atoms with E-state index in [9.17, 15) is 13.2 Å². The van der Waals surface area contributed by atoms with E-state index in [1.54, 1.807) is 0 Å². The lowest BCUT2D eigenvalue weighted by Crippen LogP contribution is -2.25. The number of halogens is 3. The largest absolute Gasteiger partial charge is 0.573 e. The molecule has 3 saturated carbocycles. The van der Waals surface area contributed by atoms with Crippen molar-refractivity contribution in [2.45, 2.75) is 121 Å². The van der Waals surface area contributed by atoms with Crippen LogP contribution in [0.1, 0.15) is 121 Å². The van der Waals surface area contributed by atoms with Gasteiger partial charge in [0.2, 0.25) is 0 Å². The van der Waals surface area contributed by atoms with Crippen LogP contribution in [0.4, 0.5) is 13.2 Å². The van der Waals surface area contributed by atoms with E-state index in [-0.39, 0.29) is 5.75 Å². The van der Waals surface area contributed by atoms with E-state index in [1.807, 2.05) is 12.1 Å². The summed E-state index contributed by atoms with van der Waals surface area (Å²) in [4.78, 5) is 0. The molecule has 0 spiro atoms. The molecule has 0 radical (unpaired) electrons. The molecule has 4 heteroatoms. The van der Waals surface area contributed by atoms with Crippen molar-refractivity contribution in [2.75, 3.05) is 0 Å². The number of benzene rings is 1. The van der Waals surface area contributed by atoms with E-state index < -0.39 is 6.36 Å². The molecule has 0 aliphatic heterocycles. The van der Waals surface area contributed by atoms with E-state index in [1.165, 1.54) is 127 Å². The van der Waals surface area contributed by atoms with Crippen molar-refractivity contribution in [3.8, 4) is 5.75 Å². The van der Waals surface area contributed by atoms with E-state index in [2.05, 4.69) is 4.74 Å². The van der Waals surface area contributed by atoms with Crippen LogP contribution in [0.3, 0.4) is 0 Å². The minimum Gasteiger partial charge on any atom is -0.406 e. The average molecular weight is 465 g/mol. The van der Waals surface area contributed by atoms with Crippen LogP contribution < -0.4 is 4.74 Å². The first-order valence-corrected chi connectivity index (χ1v) is 13.8. The molecule has 0 aromatic heterocycles. The van der Waals surface area contributed by atoms with Crippen LogP contribution >= 0.6 is 0 Å². The maximum Gasteiger partial charge on any atom is 0.573 e. The van der Waals surface area contributed by atoms with Gasteiger partial charge in [0.1, 0.15) is 5.75 Å². The fourth-order valence-corrected chi connectivity index (χ4v) is 7.16. The normalized spacial score (nSPS) is 29.3. The fraction of sp³-hybridized carbons (Fsp3) is 0.793. The van der Waals surface area contributed by atoms with Gasteiger partial charge in [0.15, 0.2) is 0 Å². The summed E-state index contributed by atoms with van der Waals surface area (Å²) in [7, 11) is 0. The topological polar surface area (TPSA) is 9.23 Å². The molecule has 1 nitrogen and oxygen atoms in total. The molecular weight excluding hydrogens is 421 g/mol. The zero-order chi connectivity index (χ0) is 23.1. The second-order valence-electron chi connectivity index (χ2n) is 11.3. The Bertz CT molecular complexity index is 676. The Hall–Kier alpha value is -1.19. The molecule has 0 atom stereocenters. The van der Waals surface area contributed by atoms with Gasteiger partial charge < -0.3 is 4.74 Å². The van der Waals surface area contributed by atoms with Gasteiger partial charge in [-0.15, -0.1) is 13.2 Å². The monoisotopic (exact) mass is 464 g/mol. The van der Waals surface area contributed by atoms with Gasteiger partial charge in [-0.25, -0.2) is 0 Å². The van der Waals surface area contributed by atoms with Gasteiger partial charge in [0.05, 0.1) is 0 Å². The third kappa shape index (κ3) is 7.92. The van der Waals surface area contributed by atoms with Crippen molar-refractivity contribution >= 4 is 0 Å². The first-order chi connectivity index (χ1) is 16.0. The number of hydrogen-bond acceptors (Lipinski definition) is 1. The third-order valence-corrected chi connectivity index (χ3v) is 9.11. The smallest absolute Gasteiger partial charge is 0.406 e. The molecule has 0 unspecified atom stereocenters. The van der Waals surface area contributed by atoms with Crippen LogP contribution in [0.2, 0.25) is 0 Å². The van der Waals surface area contributed by atoms with E-state index in [0.717, 1.165) is 23.7 Å². The van der Waals surface area contributed by atoms with Crippen LogP contribution in [0.15, 0.2) is 24.3 Å². The molecule has 3 aliphatic rings. The molecule has 3 fully saturated rings. The lowest BCUT2D eigenvalue weighted by Gasteiger charge is -2.38. The SMILES string of the molecule is FC(F)(F)Oc1ccc([C@H]2CC[C@H]([C@H]3CC[C@H](CCCCCC4CCCC4)CC3)CC2)cc1. The second kappa shape index (κ2) is 12.0. The van der Waals surface area contributed by atoms with Crippen LogP contribution in [-0.4, -0.2) is 6.36 Å². The summed E-state index contributed by atoms with van der Waals surface area (Å²) in [5, 5.41) is 0. The Labute approximate surface area is 198 Å². The molecule has 0 bridgehead atoms. The van der Waals surface area contributed by atoms with Crippen molar-refractivity contribution in [2.24, 2.45) is 23.7 Å². The van der Waals surface area contributed by atoms with Crippen molar-refractivity contribution in [3.63, 3.8) is 0 Å². The van der Waals surface area contributed by atoms with Crippen LogP contribution in [0.5, 0.6) is 5.75 Å². The summed E-state index contributed by atoms with van der Waals surface area (Å²) >= 11 is 0. The quantitative estimate of drug-likeness (QED) is 0.330. The number of ether oxygens (including phenoxy) is 1. The number of unbranched alkanes of at least 4 members (excludes halogenated alkanes) is 2. The molecule has 0 N–H and O–H groups in total. The summed E-state index contributed by atoms with van der Waals surface area (Å²) in [5.74, 6) is 4.17. The first kappa shape index (κ1) is 24.9. The number of rotatable bonds is 9. The molecule has 4 rings (SSSR count). The molecule has 3 aliphatic carbocycles. The third-order valence-electron chi connectivity index (χ3n) is 9.11. The van der Waals surface area contributed by atoms with Crippen LogP contribution in [0, 0.1) is 23.7 Å². The Morgan fingerprint density at radius 1 is 0.636 bits per heavy atom. The maximum absolute atomic E-state index is 12.4.